The van der Waals surface area contributed by atoms with E-state index in [1.165, 1.54) is 34.9 Å². The lowest BCUT2D eigenvalue weighted by Gasteiger charge is -2.02. The summed E-state index contributed by atoms with van der Waals surface area (Å²) in [4.78, 5) is 16.7. The van der Waals surface area contributed by atoms with Crippen molar-refractivity contribution in [2.24, 2.45) is 4.99 Å². The van der Waals surface area contributed by atoms with E-state index in [4.69, 9.17) is 23.2 Å². The number of hydrogen-bond acceptors (Lipinski definition) is 2. The molecule has 3 aromatic rings. The first-order chi connectivity index (χ1) is 11.9. The standard InChI is InChI=1S/C17H10Cl2F2N2OS/c1-2-3-23-15-13(21)7-12(20)8-14(15)25-17(23)22-16(24)9-4-10(18)6-11(19)5-9/h2,4-8H,1,3H2. The van der Waals surface area contributed by atoms with Gasteiger partial charge in [-0.3, -0.25) is 4.79 Å². The van der Waals surface area contributed by atoms with Crippen molar-refractivity contribution in [3.63, 3.8) is 0 Å². The number of thiazole rings is 1. The predicted molar refractivity (Wildman–Crippen MR) is 96.3 cm³/mol. The van der Waals surface area contributed by atoms with Crippen LogP contribution in [0.1, 0.15) is 10.4 Å². The fourth-order valence-corrected chi connectivity index (χ4v) is 3.94. The molecule has 3 rings (SSSR count). The average Bonchev–Trinajstić information content (AvgIpc) is 2.84. The van der Waals surface area contributed by atoms with E-state index in [0.29, 0.717) is 14.7 Å². The molecule has 0 aliphatic rings. The van der Waals surface area contributed by atoms with E-state index in [9.17, 15) is 13.6 Å². The minimum absolute atomic E-state index is 0.168. The Hall–Kier alpha value is -2.02. The van der Waals surface area contributed by atoms with Gasteiger partial charge in [-0.25, -0.2) is 8.78 Å². The van der Waals surface area contributed by atoms with Crippen LogP contribution >= 0.6 is 34.5 Å². The molecule has 128 valence electrons. The lowest BCUT2D eigenvalue weighted by atomic mass is 10.2. The Kier molecular flexibility index (Phi) is 5.03. The number of amides is 1. The van der Waals surface area contributed by atoms with Crippen molar-refractivity contribution >= 4 is 50.7 Å². The molecule has 25 heavy (non-hydrogen) atoms. The van der Waals surface area contributed by atoms with Crippen LogP contribution in [0.25, 0.3) is 10.2 Å². The Morgan fingerprint density at radius 3 is 2.52 bits per heavy atom. The van der Waals surface area contributed by atoms with Crippen LogP contribution in [-0.4, -0.2) is 10.5 Å². The SMILES string of the molecule is C=CCn1c(=NC(=O)c2cc(Cl)cc(Cl)c2)sc2cc(F)cc(F)c21. The van der Waals surface area contributed by atoms with Gasteiger partial charge in [-0.05, 0) is 24.3 Å². The van der Waals surface area contributed by atoms with E-state index in [2.05, 4.69) is 11.6 Å². The van der Waals surface area contributed by atoms with Crippen molar-refractivity contribution < 1.29 is 13.6 Å². The first-order valence-electron chi connectivity index (χ1n) is 7.03. The maximum absolute atomic E-state index is 14.2. The second kappa shape index (κ2) is 7.07. The van der Waals surface area contributed by atoms with E-state index < -0.39 is 17.5 Å². The summed E-state index contributed by atoms with van der Waals surface area (Å²) < 4.78 is 29.4. The zero-order valence-corrected chi connectivity index (χ0v) is 14.9. The van der Waals surface area contributed by atoms with Crippen LogP contribution < -0.4 is 4.80 Å². The highest BCUT2D eigenvalue weighted by atomic mass is 35.5. The van der Waals surface area contributed by atoms with Crippen LogP contribution in [0, 0.1) is 11.6 Å². The number of rotatable bonds is 3. The summed E-state index contributed by atoms with van der Waals surface area (Å²) in [5.41, 5.74) is 0.369. The van der Waals surface area contributed by atoms with Crippen LogP contribution in [0.3, 0.4) is 0 Å². The molecule has 0 N–H and O–H groups in total. The highest BCUT2D eigenvalue weighted by Gasteiger charge is 2.14. The Bertz CT molecular complexity index is 1050. The second-order valence-corrected chi connectivity index (χ2v) is 6.98. The fraction of sp³-hybridized carbons (Fsp3) is 0.0588. The highest BCUT2D eigenvalue weighted by molar-refractivity contribution is 7.16. The minimum Gasteiger partial charge on any atom is -0.310 e. The quantitative estimate of drug-likeness (QED) is 0.557. The summed E-state index contributed by atoms with van der Waals surface area (Å²) in [6.45, 7) is 3.83. The lowest BCUT2D eigenvalue weighted by molar-refractivity contribution is 0.0998. The summed E-state index contributed by atoms with van der Waals surface area (Å²) in [6.07, 6.45) is 1.54. The third-order valence-corrected chi connectivity index (χ3v) is 4.78. The molecule has 0 saturated carbocycles. The van der Waals surface area contributed by atoms with Gasteiger partial charge in [0.05, 0.1) is 10.2 Å². The molecule has 1 heterocycles. The molecule has 0 atom stereocenters. The van der Waals surface area contributed by atoms with E-state index in [0.717, 1.165) is 17.4 Å². The van der Waals surface area contributed by atoms with Gasteiger partial charge in [0, 0.05) is 28.2 Å². The van der Waals surface area contributed by atoms with Gasteiger partial charge in [0.25, 0.3) is 5.91 Å². The molecule has 1 aromatic heterocycles. The maximum Gasteiger partial charge on any atom is 0.279 e. The van der Waals surface area contributed by atoms with Gasteiger partial charge >= 0.3 is 0 Å². The fourth-order valence-electron chi connectivity index (χ4n) is 2.34. The van der Waals surface area contributed by atoms with E-state index in [1.807, 2.05) is 0 Å². The van der Waals surface area contributed by atoms with E-state index >= 15 is 0 Å². The zero-order valence-electron chi connectivity index (χ0n) is 12.6. The topological polar surface area (TPSA) is 34.4 Å². The molecular formula is C17H10Cl2F2N2OS. The van der Waals surface area contributed by atoms with Crippen LogP contribution in [-0.2, 0) is 6.54 Å². The van der Waals surface area contributed by atoms with Gasteiger partial charge in [0.2, 0.25) is 0 Å². The summed E-state index contributed by atoms with van der Waals surface area (Å²) in [6, 6.07) is 6.35. The van der Waals surface area contributed by atoms with Crippen molar-refractivity contribution in [3.05, 3.63) is 75.0 Å². The molecule has 0 aliphatic heterocycles. The molecule has 0 bridgehead atoms. The summed E-state index contributed by atoms with van der Waals surface area (Å²) in [5, 5.41) is 0.601. The number of fused-ring (bicyclic) bond motifs is 1. The Balaban J connectivity index is 2.21. The Labute approximate surface area is 155 Å². The predicted octanol–water partition coefficient (Wildman–Crippen LogP) is 5.21. The van der Waals surface area contributed by atoms with Crippen LogP contribution in [0.4, 0.5) is 8.78 Å². The lowest BCUT2D eigenvalue weighted by Crippen LogP contribution is -2.16. The number of aromatic nitrogens is 1. The number of carbonyl (C=O) groups is 1. The second-order valence-electron chi connectivity index (χ2n) is 5.09. The molecule has 8 heteroatoms. The molecule has 0 unspecified atom stereocenters. The van der Waals surface area contributed by atoms with Crippen LogP contribution in [0.2, 0.25) is 10.0 Å². The third kappa shape index (κ3) is 3.66. The third-order valence-electron chi connectivity index (χ3n) is 3.31. The van der Waals surface area contributed by atoms with Gasteiger partial charge in [-0.15, -0.1) is 6.58 Å². The van der Waals surface area contributed by atoms with Crippen LogP contribution in [0.5, 0.6) is 0 Å². The molecule has 0 spiro atoms. The Morgan fingerprint density at radius 1 is 1.20 bits per heavy atom. The molecule has 0 radical (unpaired) electrons. The van der Waals surface area contributed by atoms with Gasteiger partial charge in [0.15, 0.2) is 10.6 Å². The Morgan fingerprint density at radius 2 is 1.88 bits per heavy atom. The first kappa shape index (κ1) is 17.8. The zero-order chi connectivity index (χ0) is 18.1. The van der Waals surface area contributed by atoms with Crippen molar-refractivity contribution in [2.45, 2.75) is 6.54 Å². The van der Waals surface area contributed by atoms with Crippen molar-refractivity contribution in [1.82, 2.24) is 4.57 Å². The monoisotopic (exact) mass is 398 g/mol. The first-order valence-corrected chi connectivity index (χ1v) is 8.60. The number of hydrogen-bond donors (Lipinski definition) is 0. The van der Waals surface area contributed by atoms with Crippen LogP contribution in [0.15, 0.2) is 48.0 Å². The van der Waals surface area contributed by atoms with E-state index in [-0.39, 0.29) is 22.4 Å². The number of allylic oxidation sites excluding steroid dienone is 1. The van der Waals surface area contributed by atoms with E-state index in [1.54, 1.807) is 0 Å². The maximum atomic E-state index is 14.2. The smallest absolute Gasteiger partial charge is 0.279 e. The van der Waals surface area contributed by atoms with Gasteiger partial charge in [-0.1, -0.05) is 40.6 Å². The number of nitrogens with zero attached hydrogens (tertiary/aromatic N) is 2. The summed E-state index contributed by atoms with van der Waals surface area (Å²) in [5.74, 6) is -2.01. The largest absolute Gasteiger partial charge is 0.310 e. The molecule has 0 aliphatic carbocycles. The summed E-state index contributed by atoms with van der Waals surface area (Å²) >= 11 is 12.8. The van der Waals surface area contributed by atoms with Gasteiger partial charge in [0.1, 0.15) is 5.82 Å². The average molecular weight is 399 g/mol. The number of halogens is 4. The van der Waals surface area contributed by atoms with Crippen molar-refractivity contribution in [1.29, 1.82) is 0 Å². The molecule has 1 amide bonds. The van der Waals surface area contributed by atoms with Crippen molar-refractivity contribution in [3.8, 4) is 0 Å². The number of benzene rings is 2. The molecule has 0 fully saturated rings. The summed E-state index contributed by atoms with van der Waals surface area (Å²) in [7, 11) is 0. The van der Waals surface area contributed by atoms with Gasteiger partial charge in [-0.2, -0.15) is 4.99 Å². The normalized spacial score (nSPS) is 11.9. The molecule has 2 aromatic carbocycles. The highest BCUT2D eigenvalue weighted by Crippen LogP contribution is 2.23. The molecule has 0 saturated heterocycles. The minimum atomic E-state index is -0.729. The molecular weight excluding hydrogens is 389 g/mol. The van der Waals surface area contributed by atoms with Crippen molar-refractivity contribution in [2.75, 3.05) is 0 Å². The molecule has 3 nitrogen and oxygen atoms in total. The number of carbonyl (C=O) groups excluding carboxylic acids is 1. The van der Waals surface area contributed by atoms with Gasteiger partial charge < -0.3 is 4.57 Å².